The lowest BCUT2D eigenvalue weighted by Gasteiger charge is -2.39. The Balaban J connectivity index is 1.87. The lowest BCUT2D eigenvalue weighted by molar-refractivity contribution is -0.144. The van der Waals surface area contributed by atoms with Gasteiger partial charge in [-0.2, -0.15) is 0 Å². The fourth-order valence-corrected chi connectivity index (χ4v) is 3.42. The van der Waals surface area contributed by atoms with Gasteiger partial charge in [-0.1, -0.05) is 6.08 Å². The lowest BCUT2D eigenvalue weighted by Crippen LogP contribution is -2.52. The van der Waals surface area contributed by atoms with Crippen molar-refractivity contribution in [2.45, 2.75) is 50.2 Å². The topological polar surface area (TPSA) is 86.9 Å². The molecule has 2 aliphatic heterocycles. The number of piperidine rings is 1. The van der Waals surface area contributed by atoms with Crippen LogP contribution in [0.25, 0.3) is 0 Å². The Morgan fingerprint density at radius 2 is 1.95 bits per heavy atom. The average molecular weight is 295 g/mol. The van der Waals surface area contributed by atoms with E-state index in [1.165, 1.54) is 0 Å². The Kier molecular flexibility index (Phi) is 5.36. The predicted octanol–water partition coefficient (Wildman–Crippen LogP) is 0.430. The van der Waals surface area contributed by atoms with Crippen LogP contribution in [0.4, 0.5) is 0 Å². The highest BCUT2D eigenvalue weighted by Crippen LogP contribution is 2.26. The number of carbonyl (C=O) groups is 2. The molecule has 0 aliphatic carbocycles. The van der Waals surface area contributed by atoms with Crippen LogP contribution in [0.5, 0.6) is 0 Å². The third kappa shape index (κ3) is 3.63. The van der Waals surface area contributed by atoms with E-state index in [1.54, 1.807) is 11.0 Å². The van der Waals surface area contributed by atoms with Crippen molar-refractivity contribution in [1.29, 1.82) is 0 Å². The molecule has 0 radical (unpaired) electrons. The number of rotatable bonds is 5. The van der Waals surface area contributed by atoms with E-state index in [4.69, 9.17) is 5.73 Å². The van der Waals surface area contributed by atoms with E-state index < -0.39 is 12.0 Å². The summed E-state index contributed by atoms with van der Waals surface area (Å²) < 4.78 is 0. The third-order valence-electron chi connectivity index (χ3n) is 4.56. The van der Waals surface area contributed by atoms with Gasteiger partial charge in [-0.05, 0) is 38.6 Å². The largest absolute Gasteiger partial charge is 0.480 e. The summed E-state index contributed by atoms with van der Waals surface area (Å²) in [4.78, 5) is 27.3. The molecule has 6 heteroatoms. The smallest absolute Gasteiger partial charge is 0.320 e. The molecule has 2 saturated heterocycles. The van der Waals surface area contributed by atoms with Crippen LogP contribution in [-0.4, -0.2) is 64.5 Å². The first kappa shape index (κ1) is 16.0. The van der Waals surface area contributed by atoms with Crippen LogP contribution in [0.3, 0.4) is 0 Å². The summed E-state index contributed by atoms with van der Waals surface area (Å²) in [6, 6.07) is -0.578. The highest BCUT2D eigenvalue weighted by atomic mass is 16.4. The predicted molar refractivity (Wildman–Crippen MR) is 79.8 cm³/mol. The Labute approximate surface area is 125 Å². The summed E-state index contributed by atoms with van der Waals surface area (Å²) in [7, 11) is 0. The summed E-state index contributed by atoms with van der Waals surface area (Å²) in [6.45, 7) is 5.78. The van der Waals surface area contributed by atoms with E-state index in [-0.39, 0.29) is 18.0 Å². The Morgan fingerprint density at radius 1 is 1.29 bits per heavy atom. The van der Waals surface area contributed by atoms with E-state index in [9.17, 15) is 14.7 Å². The maximum Gasteiger partial charge on any atom is 0.320 e. The zero-order chi connectivity index (χ0) is 15.4. The molecular formula is C15H25N3O3. The van der Waals surface area contributed by atoms with Gasteiger partial charge in [0.25, 0.3) is 0 Å². The maximum absolute atomic E-state index is 12.1. The molecule has 0 saturated carbocycles. The molecule has 0 spiro atoms. The second kappa shape index (κ2) is 7.04. The molecule has 1 amide bonds. The van der Waals surface area contributed by atoms with Crippen LogP contribution >= 0.6 is 0 Å². The number of carbonyl (C=O) groups excluding carboxylic acids is 1. The van der Waals surface area contributed by atoms with Gasteiger partial charge in [0, 0.05) is 19.1 Å². The van der Waals surface area contributed by atoms with Crippen LogP contribution < -0.4 is 5.73 Å². The van der Waals surface area contributed by atoms with Crippen LogP contribution in [0.2, 0.25) is 0 Å². The molecule has 0 aromatic heterocycles. The van der Waals surface area contributed by atoms with Crippen molar-refractivity contribution in [1.82, 2.24) is 9.80 Å². The van der Waals surface area contributed by atoms with Crippen molar-refractivity contribution < 1.29 is 14.7 Å². The molecule has 2 aliphatic rings. The van der Waals surface area contributed by atoms with Gasteiger partial charge in [-0.3, -0.25) is 14.5 Å². The van der Waals surface area contributed by atoms with Gasteiger partial charge in [0.15, 0.2) is 0 Å². The van der Waals surface area contributed by atoms with E-state index >= 15 is 0 Å². The summed E-state index contributed by atoms with van der Waals surface area (Å²) in [5.41, 5.74) is 5.83. The summed E-state index contributed by atoms with van der Waals surface area (Å²) >= 11 is 0. The van der Waals surface area contributed by atoms with Gasteiger partial charge in [-0.15, -0.1) is 6.58 Å². The second-order valence-electron chi connectivity index (χ2n) is 5.92. The molecule has 2 unspecified atom stereocenters. The van der Waals surface area contributed by atoms with E-state index in [2.05, 4.69) is 11.5 Å². The minimum atomic E-state index is -0.723. The van der Waals surface area contributed by atoms with E-state index in [0.717, 1.165) is 32.2 Å². The SMILES string of the molecule is C=CCC(N)C(=O)N1CCC(N2CCCC2C(=O)O)CC1. The summed E-state index contributed by atoms with van der Waals surface area (Å²) in [5.74, 6) is -0.747. The minimum absolute atomic E-state index is 0.0236. The van der Waals surface area contributed by atoms with Crippen LogP contribution in [-0.2, 0) is 9.59 Å². The molecule has 6 nitrogen and oxygen atoms in total. The third-order valence-corrected chi connectivity index (χ3v) is 4.56. The molecule has 3 N–H and O–H groups in total. The lowest BCUT2D eigenvalue weighted by atomic mass is 10.0. The number of carboxylic acids is 1. The Bertz CT molecular complexity index is 405. The van der Waals surface area contributed by atoms with Crippen molar-refractivity contribution in [2.75, 3.05) is 19.6 Å². The van der Waals surface area contributed by atoms with Crippen molar-refractivity contribution in [3.63, 3.8) is 0 Å². The number of hydrogen-bond acceptors (Lipinski definition) is 4. The van der Waals surface area contributed by atoms with Gasteiger partial charge in [0.1, 0.15) is 6.04 Å². The number of amides is 1. The van der Waals surface area contributed by atoms with Crippen LogP contribution in [0, 0.1) is 0 Å². The molecular weight excluding hydrogens is 270 g/mol. The first-order chi connectivity index (χ1) is 10.0. The summed E-state index contributed by atoms with van der Waals surface area (Å²) in [5, 5.41) is 9.25. The molecule has 2 fully saturated rings. The molecule has 2 heterocycles. The fourth-order valence-electron chi connectivity index (χ4n) is 3.42. The molecule has 0 bridgehead atoms. The molecule has 2 atom stereocenters. The van der Waals surface area contributed by atoms with E-state index in [1.807, 2.05) is 0 Å². The average Bonchev–Trinajstić information content (AvgIpc) is 2.96. The Morgan fingerprint density at radius 3 is 2.52 bits per heavy atom. The van der Waals surface area contributed by atoms with Crippen LogP contribution in [0.1, 0.15) is 32.1 Å². The van der Waals surface area contributed by atoms with Gasteiger partial charge >= 0.3 is 5.97 Å². The number of nitrogens with two attached hydrogens (primary N) is 1. The standard InChI is InChI=1S/C15H25N3O3/c1-2-4-12(16)14(19)17-9-6-11(7-10-17)18-8-3-5-13(18)15(20)21/h2,11-13H,1,3-10,16H2,(H,20,21). The molecule has 118 valence electrons. The van der Waals surface area contributed by atoms with Crippen molar-refractivity contribution in [2.24, 2.45) is 5.73 Å². The molecule has 21 heavy (non-hydrogen) atoms. The number of likely N-dealkylation sites (tertiary alicyclic amines) is 2. The quantitative estimate of drug-likeness (QED) is 0.718. The second-order valence-corrected chi connectivity index (χ2v) is 5.92. The normalized spacial score (nSPS) is 25.8. The van der Waals surface area contributed by atoms with Gasteiger partial charge in [0.05, 0.1) is 6.04 Å². The Hall–Kier alpha value is -1.40. The van der Waals surface area contributed by atoms with Crippen molar-refractivity contribution in [3.05, 3.63) is 12.7 Å². The maximum atomic E-state index is 12.1. The molecule has 0 aromatic carbocycles. The summed E-state index contributed by atoms with van der Waals surface area (Å²) in [6.07, 6.45) is 5.49. The van der Waals surface area contributed by atoms with Crippen molar-refractivity contribution in [3.8, 4) is 0 Å². The zero-order valence-electron chi connectivity index (χ0n) is 12.4. The zero-order valence-corrected chi connectivity index (χ0v) is 12.4. The first-order valence-corrected chi connectivity index (χ1v) is 7.68. The van der Waals surface area contributed by atoms with Crippen molar-refractivity contribution >= 4 is 11.9 Å². The van der Waals surface area contributed by atoms with Gasteiger partial charge in [-0.25, -0.2) is 0 Å². The molecule has 2 rings (SSSR count). The highest BCUT2D eigenvalue weighted by Gasteiger charge is 2.37. The van der Waals surface area contributed by atoms with Gasteiger partial charge < -0.3 is 15.7 Å². The fraction of sp³-hybridized carbons (Fsp3) is 0.733. The van der Waals surface area contributed by atoms with Crippen LogP contribution in [0.15, 0.2) is 12.7 Å². The highest BCUT2D eigenvalue weighted by molar-refractivity contribution is 5.82. The number of carboxylic acid groups (broad SMARTS) is 1. The van der Waals surface area contributed by atoms with E-state index in [0.29, 0.717) is 19.5 Å². The van der Waals surface area contributed by atoms with Gasteiger partial charge in [0.2, 0.25) is 5.91 Å². The first-order valence-electron chi connectivity index (χ1n) is 7.68. The number of nitrogens with zero attached hydrogens (tertiary/aromatic N) is 2. The monoisotopic (exact) mass is 295 g/mol. The molecule has 0 aromatic rings. The number of hydrogen-bond donors (Lipinski definition) is 2. The minimum Gasteiger partial charge on any atom is -0.480 e. The number of aliphatic carboxylic acids is 1.